The lowest BCUT2D eigenvalue weighted by Gasteiger charge is -2.17. The average Bonchev–Trinajstić information content (AvgIpc) is 2.64. The van der Waals surface area contributed by atoms with E-state index in [1.165, 1.54) is 16.3 Å². The molecule has 1 amide bonds. The van der Waals surface area contributed by atoms with E-state index >= 15 is 0 Å². The minimum absolute atomic E-state index is 0.163. The molecule has 1 aromatic rings. The number of nitrogens with two attached hydrogens (primary N) is 1. The van der Waals surface area contributed by atoms with Crippen LogP contribution in [0.1, 0.15) is 20.8 Å². The Labute approximate surface area is 110 Å². The maximum Gasteiger partial charge on any atom is 0.343 e. The highest BCUT2D eigenvalue weighted by atomic mass is 32.2. The maximum atomic E-state index is 11.4. The number of nitrogens with one attached hydrogen (secondary N) is 2. The Morgan fingerprint density at radius 3 is 2.78 bits per heavy atom. The highest BCUT2D eigenvalue weighted by Gasteiger charge is 2.18. The maximum absolute atomic E-state index is 11.4. The van der Waals surface area contributed by atoms with E-state index in [4.69, 9.17) is 5.73 Å². The number of H-pyrrole nitrogens is 1. The number of nitrogens with zero attached hydrogens (tertiary/aromatic N) is 2. The quantitative estimate of drug-likeness (QED) is 0.583. The molecule has 1 rings (SSSR count). The molecular weight excluding hydrogens is 254 g/mol. The van der Waals surface area contributed by atoms with Gasteiger partial charge < -0.3 is 11.1 Å². The van der Waals surface area contributed by atoms with Gasteiger partial charge in [-0.25, -0.2) is 9.89 Å². The molecule has 0 aromatic carbocycles. The Kier molecular flexibility index (Phi) is 5.42. The monoisotopic (exact) mass is 273 g/mol. The van der Waals surface area contributed by atoms with Gasteiger partial charge in [0.2, 0.25) is 5.91 Å². The third-order valence-corrected chi connectivity index (χ3v) is 3.37. The fraction of sp³-hybridized carbons (Fsp3) is 0.700. The second-order valence-electron chi connectivity index (χ2n) is 4.14. The Hall–Kier alpha value is -1.28. The van der Waals surface area contributed by atoms with Crippen LogP contribution in [0.4, 0.5) is 0 Å². The molecule has 0 saturated heterocycles. The van der Waals surface area contributed by atoms with Crippen molar-refractivity contribution in [1.29, 1.82) is 0 Å². The summed E-state index contributed by atoms with van der Waals surface area (Å²) in [6.45, 7) is 6.28. The topological polar surface area (TPSA) is 106 Å². The molecule has 1 aromatic heterocycles. The highest BCUT2D eigenvalue weighted by Crippen LogP contribution is 2.14. The van der Waals surface area contributed by atoms with Crippen LogP contribution in [-0.4, -0.2) is 38.5 Å². The van der Waals surface area contributed by atoms with Gasteiger partial charge in [0, 0.05) is 18.3 Å². The number of carbonyl (C=O) groups is 1. The summed E-state index contributed by atoms with van der Waals surface area (Å²) in [6, 6.07) is -0.275. The second kappa shape index (κ2) is 6.60. The number of hydrogen-bond acceptors (Lipinski definition) is 5. The van der Waals surface area contributed by atoms with Crippen molar-refractivity contribution in [2.24, 2.45) is 5.73 Å². The Balaban J connectivity index is 2.67. The fourth-order valence-electron chi connectivity index (χ4n) is 1.46. The van der Waals surface area contributed by atoms with E-state index in [2.05, 4.69) is 15.5 Å². The Morgan fingerprint density at radius 1 is 1.61 bits per heavy atom. The second-order valence-corrected chi connectivity index (χ2v) is 5.13. The number of primary amides is 1. The van der Waals surface area contributed by atoms with Gasteiger partial charge in [0.1, 0.15) is 0 Å². The van der Waals surface area contributed by atoms with Gasteiger partial charge in [-0.3, -0.25) is 9.36 Å². The van der Waals surface area contributed by atoms with E-state index in [1.54, 1.807) is 0 Å². The fourth-order valence-corrected chi connectivity index (χ4v) is 2.52. The first-order valence-corrected chi connectivity index (χ1v) is 6.77. The van der Waals surface area contributed by atoms with E-state index in [-0.39, 0.29) is 11.7 Å². The Bertz CT molecular complexity index is 453. The van der Waals surface area contributed by atoms with E-state index < -0.39 is 11.9 Å². The number of carbonyl (C=O) groups excluding carboxylic acids is 1. The van der Waals surface area contributed by atoms with Crippen molar-refractivity contribution in [3.63, 3.8) is 0 Å². The minimum Gasteiger partial charge on any atom is -0.368 e. The lowest BCUT2D eigenvalue weighted by molar-refractivity contribution is -0.119. The van der Waals surface area contributed by atoms with Crippen molar-refractivity contribution < 1.29 is 4.79 Å². The summed E-state index contributed by atoms with van der Waals surface area (Å²) >= 11 is 1.33. The van der Waals surface area contributed by atoms with Crippen molar-refractivity contribution in [1.82, 2.24) is 20.1 Å². The molecule has 18 heavy (non-hydrogen) atoms. The zero-order valence-electron chi connectivity index (χ0n) is 10.8. The van der Waals surface area contributed by atoms with Crippen LogP contribution < -0.4 is 16.7 Å². The summed E-state index contributed by atoms with van der Waals surface area (Å²) in [4.78, 5) is 22.6. The van der Waals surface area contributed by atoms with Gasteiger partial charge in [0.05, 0.1) is 6.04 Å². The molecule has 0 aliphatic rings. The van der Waals surface area contributed by atoms with Crippen LogP contribution in [0.2, 0.25) is 0 Å². The molecule has 1 unspecified atom stereocenters. The molecule has 0 radical (unpaired) electrons. The van der Waals surface area contributed by atoms with E-state index in [9.17, 15) is 9.59 Å². The summed E-state index contributed by atoms with van der Waals surface area (Å²) in [5.74, 6) is 0.0368. The van der Waals surface area contributed by atoms with Crippen LogP contribution >= 0.6 is 11.8 Å². The van der Waals surface area contributed by atoms with Crippen molar-refractivity contribution >= 4 is 17.7 Å². The Morgan fingerprint density at radius 2 is 2.28 bits per heavy atom. The summed E-state index contributed by atoms with van der Waals surface area (Å²) in [6.07, 6.45) is 0. The molecule has 8 heteroatoms. The molecule has 1 atom stereocenters. The third-order valence-electron chi connectivity index (χ3n) is 2.30. The van der Waals surface area contributed by atoms with Gasteiger partial charge in [-0.05, 0) is 6.92 Å². The summed E-state index contributed by atoms with van der Waals surface area (Å²) < 4.78 is 1.51. The van der Waals surface area contributed by atoms with Crippen LogP contribution in [0, 0.1) is 0 Å². The molecule has 4 N–H and O–H groups in total. The molecule has 0 saturated carbocycles. The first kappa shape index (κ1) is 14.8. The van der Waals surface area contributed by atoms with E-state index in [1.807, 2.05) is 20.8 Å². The van der Waals surface area contributed by atoms with E-state index in [0.29, 0.717) is 17.5 Å². The minimum atomic E-state index is -0.438. The van der Waals surface area contributed by atoms with Gasteiger partial charge in [-0.2, -0.15) is 0 Å². The van der Waals surface area contributed by atoms with E-state index in [0.717, 1.165) is 0 Å². The van der Waals surface area contributed by atoms with Crippen LogP contribution in [-0.2, 0) is 11.3 Å². The van der Waals surface area contributed by atoms with Gasteiger partial charge in [0.15, 0.2) is 5.16 Å². The average molecular weight is 273 g/mol. The van der Waals surface area contributed by atoms with Crippen molar-refractivity contribution in [2.45, 2.75) is 44.6 Å². The number of aromatic nitrogens is 3. The number of hydrogen-bond donors (Lipinski definition) is 3. The summed E-state index contributed by atoms with van der Waals surface area (Å²) in [7, 11) is 0. The largest absolute Gasteiger partial charge is 0.368 e. The predicted octanol–water partition coefficient (Wildman–Crippen LogP) is -0.465. The zero-order valence-corrected chi connectivity index (χ0v) is 11.6. The van der Waals surface area contributed by atoms with Gasteiger partial charge >= 0.3 is 5.69 Å². The standard InChI is InChI=1S/C10H19N5O2S/c1-4-15-9(17)13-14-10(15)18-5-7(8(11)16)12-6(2)3/h6-7,12H,4-5H2,1-3H3,(H2,11,16)(H,13,17). The van der Waals surface area contributed by atoms with Crippen molar-refractivity contribution in [3.8, 4) is 0 Å². The highest BCUT2D eigenvalue weighted by molar-refractivity contribution is 7.99. The molecule has 0 bridgehead atoms. The number of rotatable bonds is 7. The molecule has 102 valence electrons. The molecule has 0 aliphatic heterocycles. The molecule has 0 aliphatic carbocycles. The number of aromatic amines is 1. The number of thioether (sulfide) groups is 1. The third kappa shape index (κ3) is 3.88. The van der Waals surface area contributed by atoms with Gasteiger partial charge in [-0.15, -0.1) is 5.10 Å². The van der Waals surface area contributed by atoms with Gasteiger partial charge in [0.25, 0.3) is 0 Å². The van der Waals surface area contributed by atoms with Crippen molar-refractivity contribution in [2.75, 3.05) is 5.75 Å². The molecule has 0 spiro atoms. The first-order valence-electron chi connectivity index (χ1n) is 5.79. The smallest absolute Gasteiger partial charge is 0.343 e. The molecule has 0 fully saturated rings. The zero-order chi connectivity index (χ0) is 13.7. The molecular formula is C10H19N5O2S. The summed E-state index contributed by atoms with van der Waals surface area (Å²) in [5, 5.41) is 9.93. The number of amides is 1. The molecule has 1 heterocycles. The van der Waals surface area contributed by atoms with Crippen LogP contribution in [0.15, 0.2) is 9.95 Å². The van der Waals surface area contributed by atoms with Crippen LogP contribution in [0.5, 0.6) is 0 Å². The van der Waals surface area contributed by atoms with Crippen molar-refractivity contribution in [3.05, 3.63) is 10.5 Å². The summed E-state index contributed by atoms with van der Waals surface area (Å²) in [5.41, 5.74) is 5.07. The first-order chi connectivity index (χ1) is 8.45. The van der Waals surface area contributed by atoms with Crippen LogP contribution in [0.25, 0.3) is 0 Å². The lowest BCUT2D eigenvalue weighted by Crippen LogP contribution is -2.46. The van der Waals surface area contributed by atoms with Crippen LogP contribution in [0.3, 0.4) is 0 Å². The molecule has 7 nitrogen and oxygen atoms in total. The normalized spacial score (nSPS) is 12.9. The lowest BCUT2D eigenvalue weighted by atomic mass is 10.3. The SMILES string of the molecule is CCn1c(SCC(NC(C)C)C(N)=O)n[nH]c1=O. The van der Waals surface area contributed by atoms with Gasteiger partial charge in [-0.1, -0.05) is 25.6 Å². The predicted molar refractivity (Wildman–Crippen MR) is 70.5 cm³/mol.